The van der Waals surface area contributed by atoms with Crippen LogP contribution in [0.2, 0.25) is 0 Å². The summed E-state index contributed by atoms with van der Waals surface area (Å²) in [6.07, 6.45) is 2.43. The van der Waals surface area contributed by atoms with Crippen molar-refractivity contribution in [2.45, 2.75) is 18.6 Å². The van der Waals surface area contributed by atoms with Gasteiger partial charge in [0, 0.05) is 33.2 Å². The minimum Gasteiger partial charge on any atom is -0.484 e. The van der Waals surface area contributed by atoms with Crippen molar-refractivity contribution in [2.75, 3.05) is 0 Å². The van der Waals surface area contributed by atoms with Crippen LogP contribution >= 0.6 is 31.9 Å². The fourth-order valence-electron chi connectivity index (χ4n) is 2.23. The summed E-state index contributed by atoms with van der Waals surface area (Å²) in [6.45, 7) is 0. The van der Waals surface area contributed by atoms with Crippen molar-refractivity contribution in [2.24, 2.45) is 5.73 Å². The Morgan fingerprint density at radius 2 is 1.95 bits per heavy atom. The number of nitrogens with zero attached hydrogens (tertiary/aromatic N) is 1. The van der Waals surface area contributed by atoms with Crippen LogP contribution in [0.15, 0.2) is 45.5 Å². The molecular weight excluding hydrogens is 372 g/mol. The van der Waals surface area contributed by atoms with Gasteiger partial charge in [-0.2, -0.15) is 0 Å². The maximum absolute atomic E-state index is 6.22. The second-order valence-corrected chi connectivity index (χ2v) is 6.36. The zero-order valence-corrected chi connectivity index (χ0v) is 13.2. The summed E-state index contributed by atoms with van der Waals surface area (Å²) in [4.78, 5) is 4.39. The Bertz CT molecular complexity index is 601. The number of fused-ring (bicyclic) bond motifs is 1. The van der Waals surface area contributed by atoms with E-state index in [0.29, 0.717) is 0 Å². The number of halogens is 2. The number of hydrogen-bond acceptors (Lipinski definition) is 3. The molecule has 0 fully saturated rings. The van der Waals surface area contributed by atoms with E-state index in [1.807, 2.05) is 30.3 Å². The van der Waals surface area contributed by atoms with Crippen LogP contribution in [0.1, 0.15) is 29.8 Å². The zero-order chi connectivity index (χ0) is 13.4. The first-order valence-corrected chi connectivity index (χ1v) is 7.55. The number of benzene rings is 1. The molecule has 2 aromatic rings. The predicted molar refractivity (Wildman–Crippen MR) is 81.0 cm³/mol. The molecule has 0 amide bonds. The number of pyridine rings is 1. The van der Waals surface area contributed by atoms with E-state index in [1.54, 1.807) is 6.20 Å². The van der Waals surface area contributed by atoms with Gasteiger partial charge in [0.05, 0.1) is 5.69 Å². The van der Waals surface area contributed by atoms with Crippen molar-refractivity contribution in [3.05, 3.63) is 56.7 Å². The number of hydrogen-bond donors (Lipinski definition) is 1. The summed E-state index contributed by atoms with van der Waals surface area (Å²) < 4.78 is 7.97. The fourth-order valence-corrected chi connectivity index (χ4v) is 2.81. The summed E-state index contributed by atoms with van der Waals surface area (Å²) in [7, 11) is 0. The van der Waals surface area contributed by atoms with E-state index < -0.39 is 0 Å². The summed E-state index contributed by atoms with van der Waals surface area (Å²) in [5, 5.41) is 0. The third kappa shape index (κ3) is 2.68. The van der Waals surface area contributed by atoms with Gasteiger partial charge in [-0.05, 0) is 40.2 Å². The van der Waals surface area contributed by atoms with E-state index in [1.165, 1.54) is 0 Å². The Morgan fingerprint density at radius 3 is 2.68 bits per heavy atom. The Morgan fingerprint density at radius 1 is 1.16 bits per heavy atom. The van der Waals surface area contributed by atoms with Crippen LogP contribution in [0, 0.1) is 0 Å². The molecule has 0 aliphatic carbocycles. The summed E-state index contributed by atoms with van der Waals surface area (Å²) in [6, 6.07) is 9.86. The van der Waals surface area contributed by atoms with Crippen molar-refractivity contribution in [3.63, 3.8) is 0 Å². The standard InChI is InChI=1S/C14H12Br2N2O/c15-8-1-3-10-11(17)6-14(19-13(10)5-8)12-4-2-9(16)7-18-12/h1-5,7,11,14H,6,17H2. The highest BCUT2D eigenvalue weighted by atomic mass is 79.9. The monoisotopic (exact) mass is 382 g/mol. The molecule has 2 unspecified atom stereocenters. The molecular formula is C14H12Br2N2O. The largest absolute Gasteiger partial charge is 0.484 e. The molecule has 19 heavy (non-hydrogen) atoms. The van der Waals surface area contributed by atoms with Crippen LogP contribution in [0.3, 0.4) is 0 Å². The van der Waals surface area contributed by atoms with Gasteiger partial charge in [-0.3, -0.25) is 4.98 Å². The van der Waals surface area contributed by atoms with Gasteiger partial charge in [-0.25, -0.2) is 0 Å². The lowest BCUT2D eigenvalue weighted by molar-refractivity contribution is 0.157. The Kier molecular flexibility index (Phi) is 3.60. The Labute approximate surface area is 128 Å². The number of ether oxygens (including phenoxy) is 1. The average molecular weight is 384 g/mol. The van der Waals surface area contributed by atoms with Gasteiger partial charge in [-0.15, -0.1) is 0 Å². The van der Waals surface area contributed by atoms with Gasteiger partial charge in [0.25, 0.3) is 0 Å². The molecule has 3 nitrogen and oxygen atoms in total. The highest BCUT2D eigenvalue weighted by Gasteiger charge is 2.27. The number of aromatic nitrogens is 1. The van der Waals surface area contributed by atoms with Gasteiger partial charge < -0.3 is 10.5 Å². The maximum atomic E-state index is 6.22. The molecule has 5 heteroatoms. The first-order valence-electron chi connectivity index (χ1n) is 5.96. The van der Waals surface area contributed by atoms with E-state index in [0.717, 1.165) is 32.4 Å². The summed E-state index contributed by atoms with van der Waals surface area (Å²) in [5.41, 5.74) is 8.18. The smallest absolute Gasteiger partial charge is 0.142 e. The molecule has 0 radical (unpaired) electrons. The van der Waals surface area contributed by atoms with Crippen molar-refractivity contribution < 1.29 is 4.74 Å². The maximum Gasteiger partial charge on any atom is 0.142 e. The second kappa shape index (κ2) is 5.23. The van der Waals surface area contributed by atoms with E-state index in [2.05, 4.69) is 36.8 Å². The molecule has 0 saturated heterocycles. The lowest BCUT2D eigenvalue weighted by Gasteiger charge is -2.30. The van der Waals surface area contributed by atoms with Crippen LogP contribution in [0.4, 0.5) is 0 Å². The minimum absolute atomic E-state index is 0.0210. The molecule has 0 saturated carbocycles. The molecule has 3 rings (SSSR count). The molecule has 2 N–H and O–H groups in total. The summed E-state index contributed by atoms with van der Waals surface area (Å²) >= 11 is 6.84. The van der Waals surface area contributed by atoms with Crippen LogP contribution in [0.5, 0.6) is 5.75 Å². The SMILES string of the molecule is NC1CC(c2ccc(Br)cn2)Oc2cc(Br)ccc21. The van der Waals surface area contributed by atoms with Crippen molar-refractivity contribution >= 4 is 31.9 Å². The van der Waals surface area contributed by atoms with E-state index in [4.69, 9.17) is 10.5 Å². The second-order valence-electron chi connectivity index (χ2n) is 4.53. The first kappa shape index (κ1) is 13.1. The number of rotatable bonds is 1. The zero-order valence-electron chi connectivity index (χ0n) is 10.0. The summed E-state index contributed by atoms with van der Waals surface area (Å²) in [5.74, 6) is 0.836. The Balaban J connectivity index is 1.93. The van der Waals surface area contributed by atoms with Crippen LogP contribution in [-0.2, 0) is 0 Å². The lowest BCUT2D eigenvalue weighted by atomic mass is 9.96. The lowest BCUT2D eigenvalue weighted by Crippen LogP contribution is -2.24. The molecule has 0 bridgehead atoms. The number of nitrogens with two attached hydrogens (primary N) is 1. The highest BCUT2D eigenvalue weighted by molar-refractivity contribution is 9.10. The van der Waals surface area contributed by atoms with Crippen molar-refractivity contribution in [1.29, 1.82) is 0 Å². The van der Waals surface area contributed by atoms with Gasteiger partial charge in [0.2, 0.25) is 0 Å². The van der Waals surface area contributed by atoms with E-state index >= 15 is 0 Å². The van der Waals surface area contributed by atoms with Gasteiger partial charge >= 0.3 is 0 Å². The van der Waals surface area contributed by atoms with E-state index in [9.17, 15) is 0 Å². The van der Waals surface area contributed by atoms with Gasteiger partial charge in [0.15, 0.2) is 0 Å². The third-order valence-corrected chi connectivity index (χ3v) is 4.15. The predicted octanol–water partition coefficient (Wildman–Crippen LogP) is 4.13. The van der Waals surface area contributed by atoms with Crippen LogP contribution in [-0.4, -0.2) is 4.98 Å². The van der Waals surface area contributed by atoms with Gasteiger partial charge in [-0.1, -0.05) is 22.0 Å². The van der Waals surface area contributed by atoms with Crippen LogP contribution in [0.25, 0.3) is 0 Å². The molecule has 1 aromatic carbocycles. The van der Waals surface area contributed by atoms with Crippen molar-refractivity contribution in [3.8, 4) is 5.75 Å². The molecule has 1 aliphatic heterocycles. The molecule has 1 aromatic heterocycles. The first-order chi connectivity index (χ1) is 9.13. The normalized spacial score (nSPS) is 21.6. The van der Waals surface area contributed by atoms with Crippen molar-refractivity contribution in [1.82, 2.24) is 4.98 Å². The quantitative estimate of drug-likeness (QED) is 0.805. The molecule has 2 heterocycles. The average Bonchev–Trinajstić information content (AvgIpc) is 2.38. The molecule has 2 atom stereocenters. The minimum atomic E-state index is -0.0927. The fraction of sp³-hybridized carbons (Fsp3) is 0.214. The topological polar surface area (TPSA) is 48.1 Å². The molecule has 1 aliphatic rings. The molecule has 0 spiro atoms. The van der Waals surface area contributed by atoms with E-state index in [-0.39, 0.29) is 12.1 Å². The molecule has 98 valence electrons. The highest BCUT2D eigenvalue weighted by Crippen LogP contribution is 2.40. The van der Waals surface area contributed by atoms with Crippen LogP contribution < -0.4 is 10.5 Å². The van der Waals surface area contributed by atoms with Gasteiger partial charge in [0.1, 0.15) is 11.9 Å². The third-order valence-electron chi connectivity index (χ3n) is 3.19. The Hall–Kier alpha value is -0.910.